The summed E-state index contributed by atoms with van der Waals surface area (Å²) in [6.07, 6.45) is 3.01. The van der Waals surface area contributed by atoms with Crippen LogP contribution in [0.15, 0.2) is 0 Å². The third-order valence-electron chi connectivity index (χ3n) is 6.40. The van der Waals surface area contributed by atoms with Gasteiger partial charge in [-0.15, -0.1) is 0 Å². The Labute approximate surface area is 203 Å². The summed E-state index contributed by atoms with van der Waals surface area (Å²) in [7, 11) is 0. The molecule has 1 fully saturated rings. The first-order chi connectivity index (χ1) is 16.3. The van der Waals surface area contributed by atoms with E-state index < -0.39 is 36.8 Å². The summed E-state index contributed by atoms with van der Waals surface area (Å²) < 4.78 is 26.4. The predicted octanol–water partition coefficient (Wildman–Crippen LogP) is 6.71. The van der Waals surface area contributed by atoms with Crippen LogP contribution in [-0.4, -0.2) is 55.1 Å². The normalized spacial score (nSPS) is 21.7. The molecule has 0 amide bonds. The van der Waals surface area contributed by atoms with Gasteiger partial charge in [0, 0.05) is 0 Å². The molecule has 0 heterocycles. The molecule has 1 saturated carbocycles. The van der Waals surface area contributed by atoms with Crippen LogP contribution in [0.2, 0.25) is 0 Å². The van der Waals surface area contributed by atoms with Gasteiger partial charge >= 0.3 is 18.5 Å². The van der Waals surface area contributed by atoms with Crippen molar-refractivity contribution in [1.29, 1.82) is 0 Å². The average Bonchev–Trinajstić information content (AvgIpc) is 2.81. The number of ether oxygens (including phenoxy) is 5. The standard InChI is InChI=1S/C25H44O9/c1-5-9-12-18(7-3)16-30-24(28)33-21-15-11-14-20(32-23(26)27)22(21)34-25(29)31-17-19(8-4)13-10-6-2/h18-22H,5-17H2,1-4H3,(H,26,27). The Morgan fingerprint density at radius 3 is 1.68 bits per heavy atom. The van der Waals surface area contributed by atoms with Crippen LogP contribution >= 0.6 is 0 Å². The van der Waals surface area contributed by atoms with Gasteiger partial charge in [-0.2, -0.15) is 0 Å². The van der Waals surface area contributed by atoms with E-state index in [4.69, 9.17) is 28.8 Å². The molecule has 0 aromatic carbocycles. The van der Waals surface area contributed by atoms with Crippen molar-refractivity contribution in [3.8, 4) is 0 Å². The van der Waals surface area contributed by atoms with E-state index in [0.29, 0.717) is 19.3 Å². The molecule has 34 heavy (non-hydrogen) atoms. The van der Waals surface area contributed by atoms with E-state index >= 15 is 0 Å². The highest BCUT2D eigenvalue weighted by Crippen LogP contribution is 2.28. The number of hydrogen-bond acceptors (Lipinski definition) is 8. The summed E-state index contributed by atoms with van der Waals surface area (Å²) in [4.78, 5) is 35.9. The number of carboxylic acid groups (broad SMARTS) is 1. The molecule has 1 rings (SSSR count). The number of hydrogen-bond donors (Lipinski definition) is 1. The molecule has 5 atom stereocenters. The molecular weight excluding hydrogens is 444 g/mol. The molecule has 5 unspecified atom stereocenters. The maximum absolute atomic E-state index is 12.4. The Morgan fingerprint density at radius 1 is 0.765 bits per heavy atom. The van der Waals surface area contributed by atoms with Crippen molar-refractivity contribution >= 4 is 18.5 Å². The average molecular weight is 489 g/mol. The molecule has 1 aliphatic carbocycles. The number of carbonyl (C=O) groups is 3. The van der Waals surface area contributed by atoms with Crippen molar-refractivity contribution in [2.75, 3.05) is 13.2 Å². The Balaban J connectivity index is 2.72. The van der Waals surface area contributed by atoms with Crippen molar-refractivity contribution in [2.45, 2.75) is 117 Å². The predicted molar refractivity (Wildman–Crippen MR) is 126 cm³/mol. The van der Waals surface area contributed by atoms with Crippen molar-refractivity contribution in [1.82, 2.24) is 0 Å². The molecule has 1 N–H and O–H groups in total. The van der Waals surface area contributed by atoms with Gasteiger partial charge in [0.2, 0.25) is 0 Å². The molecule has 0 aromatic heterocycles. The SMILES string of the molecule is CCCCC(CC)COC(=O)OC1CCCC(OC(=O)O)C1OC(=O)OCC(CC)CCCC. The van der Waals surface area contributed by atoms with Crippen LogP contribution in [0.1, 0.15) is 98.3 Å². The summed E-state index contributed by atoms with van der Waals surface area (Å²) in [5.41, 5.74) is 0. The minimum absolute atomic E-state index is 0.218. The van der Waals surface area contributed by atoms with E-state index in [1.807, 2.05) is 13.8 Å². The van der Waals surface area contributed by atoms with Crippen LogP contribution < -0.4 is 0 Å². The molecule has 0 bridgehead atoms. The Hall–Kier alpha value is -2.19. The van der Waals surface area contributed by atoms with Crippen LogP contribution in [0.5, 0.6) is 0 Å². The van der Waals surface area contributed by atoms with Gasteiger partial charge in [-0.05, 0) is 43.9 Å². The first-order valence-electron chi connectivity index (χ1n) is 12.9. The van der Waals surface area contributed by atoms with Crippen molar-refractivity contribution in [3.05, 3.63) is 0 Å². The summed E-state index contributed by atoms with van der Waals surface area (Å²) in [5.74, 6) is 0.481. The molecule has 198 valence electrons. The van der Waals surface area contributed by atoms with Crippen molar-refractivity contribution in [3.63, 3.8) is 0 Å². The lowest BCUT2D eigenvalue weighted by Gasteiger charge is -2.35. The van der Waals surface area contributed by atoms with E-state index in [-0.39, 0.29) is 25.0 Å². The van der Waals surface area contributed by atoms with Gasteiger partial charge in [0.25, 0.3) is 0 Å². The minimum Gasteiger partial charge on any atom is -0.450 e. The number of carbonyl (C=O) groups excluding carboxylic acids is 2. The van der Waals surface area contributed by atoms with E-state index in [1.165, 1.54) is 0 Å². The summed E-state index contributed by atoms with van der Waals surface area (Å²) in [6.45, 7) is 8.77. The second-order valence-corrected chi connectivity index (χ2v) is 9.05. The molecular formula is C25H44O9. The van der Waals surface area contributed by atoms with E-state index in [9.17, 15) is 14.4 Å². The van der Waals surface area contributed by atoms with E-state index in [2.05, 4.69) is 13.8 Å². The quantitative estimate of drug-likeness (QED) is 0.198. The van der Waals surface area contributed by atoms with Gasteiger partial charge in [-0.25, -0.2) is 14.4 Å². The highest BCUT2D eigenvalue weighted by Gasteiger charge is 2.42. The molecule has 9 nitrogen and oxygen atoms in total. The zero-order chi connectivity index (χ0) is 25.3. The molecule has 0 aromatic rings. The zero-order valence-electron chi connectivity index (χ0n) is 21.3. The lowest BCUT2D eigenvalue weighted by atomic mass is 9.91. The van der Waals surface area contributed by atoms with Gasteiger partial charge in [0.1, 0.15) is 12.2 Å². The molecule has 9 heteroatoms. The summed E-state index contributed by atoms with van der Waals surface area (Å²) >= 11 is 0. The molecule has 0 aliphatic heterocycles. The molecule has 0 spiro atoms. The second-order valence-electron chi connectivity index (χ2n) is 9.05. The largest absolute Gasteiger partial charge is 0.508 e. The van der Waals surface area contributed by atoms with Gasteiger partial charge in [0.05, 0.1) is 13.2 Å². The van der Waals surface area contributed by atoms with Crippen LogP contribution in [0.3, 0.4) is 0 Å². The van der Waals surface area contributed by atoms with E-state index in [1.54, 1.807) is 0 Å². The van der Waals surface area contributed by atoms with Crippen molar-refractivity contribution < 1.29 is 43.2 Å². The third-order valence-corrected chi connectivity index (χ3v) is 6.40. The van der Waals surface area contributed by atoms with Crippen molar-refractivity contribution in [2.24, 2.45) is 11.8 Å². The summed E-state index contributed by atoms with van der Waals surface area (Å²) in [5, 5.41) is 9.09. The van der Waals surface area contributed by atoms with Crippen LogP contribution in [0, 0.1) is 11.8 Å². The Morgan fingerprint density at radius 2 is 1.24 bits per heavy atom. The van der Waals surface area contributed by atoms with Gasteiger partial charge in [0.15, 0.2) is 6.10 Å². The molecule has 1 aliphatic rings. The van der Waals surface area contributed by atoms with Crippen LogP contribution in [0.4, 0.5) is 14.4 Å². The zero-order valence-corrected chi connectivity index (χ0v) is 21.3. The van der Waals surface area contributed by atoms with Crippen LogP contribution in [0.25, 0.3) is 0 Å². The fourth-order valence-electron chi connectivity index (χ4n) is 4.09. The maximum atomic E-state index is 12.4. The summed E-state index contributed by atoms with van der Waals surface area (Å²) in [6, 6.07) is 0. The van der Waals surface area contributed by atoms with E-state index in [0.717, 1.165) is 51.4 Å². The first-order valence-corrected chi connectivity index (χ1v) is 12.9. The van der Waals surface area contributed by atoms with Gasteiger partial charge in [-0.3, -0.25) is 0 Å². The fraction of sp³-hybridized carbons (Fsp3) is 0.880. The van der Waals surface area contributed by atoms with Gasteiger partial charge < -0.3 is 28.8 Å². The molecule has 0 radical (unpaired) electrons. The highest BCUT2D eigenvalue weighted by molar-refractivity contribution is 5.62. The lowest BCUT2D eigenvalue weighted by molar-refractivity contribution is -0.125. The number of unbranched alkanes of at least 4 members (excludes halogenated alkanes) is 2. The van der Waals surface area contributed by atoms with Crippen LogP contribution in [-0.2, 0) is 23.7 Å². The fourth-order valence-corrected chi connectivity index (χ4v) is 4.09. The molecule has 0 saturated heterocycles. The lowest BCUT2D eigenvalue weighted by Crippen LogP contribution is -2.48. The Bertz CT molecular complexity index is 595. The smallest absolute Gasteiger partial charge is 0.450 e. The minimum atomic E-state index is -1.48. The number of rotatable bonds is 15. The maximum Gasteiger partial charge on any atom is 0.508 e. The third kappa shape index (κ3) is 11.8. The first kappa shape index (κ1) is 29.8. The van der Waals surface area contributed by atoms with Gasteiger partial charge in [-0.1, -0.05) is 66.2 Å². The Kier molecular flexibility index (Phi) is 15.2. The topological polar surface area (TPSA) is 118 Å². The second kappa shape index (κ2) is 17.3. The monoisotopic (exact) mass is 488 g/mol. The highest BCUT2D eigenvalue weighted by atomic mass is 16.8.